The van der Waals surface area contributed by atoms with E-state index < -0.39 is 5.97 Å². The van der Waals surface area contributed by atoms with Crippen molar-refractivity contribution in [2.45, 2.75) is 6.92 Å². The Morgan fingerprint density at radius 3 is 2.87 bits per heavy atom. The van der Waals surface area contributed by atoms with E-state index in [1.165, 1.54) is 22.4 Å². The Morgan fingerprint density at radius 1 is 1.23 bits per heavy atom. The molecule has 0 aliphatic carbocycles. The van der Waals surface area contributed by atoms with Gasteiger partial charge in [0, 0.05) is 30.4 Å². The van der Waals surface area contributed by atoms with E-state index in [2.05, 4.69) is 30.2 Å². The van der Waals surface area contributed by atoms with Crippen molar-refractivity contribution >= 4 is 22.5 Å². The number of aryl methyl sites for hydroxylation is 1. The molecule has 0 saturated carbocycles. The highest BCUT2D eigenvalue weighted by Gasteiger charge is 2.21. The van der Waals surface area contributed by atoms with Crippen LogP contribution in [0.4, 0.5) is 0 Å². The molecule has 11 nitrogen and oxygen atoms in total. The maximum atomic E-state index is 13.1. The maximum absolute atomic E-state index is 13.1. The van der Waals surface area contributed by atoms with Crippen LogP contribution in [0.5, 0.6) is 0 Å². The molecule has 0 bridgehead atoms. The number of aromatic amines is 1. The molecule has 0 spiro atoms. The molecule has 0 unspecified atom stereocenters. The number of nitrogens with zero attached hydrogens (tertiary/aromatic N) is 7. The van der Waals surface area contributed by atoms with Crippen LogP contribution in [0.2, 0.25) is 0 Å². The number of esters is 1. The van der Waals surface area contributed by atoms with E-state index in [0.29, 0.717) is 28.1 Å². The second-order valence-electron chi connectivity index (χ2n) is 6.46. The topological polar surface area (TPSA) is 133 Å². The number of nitrogens with one attached hydrogen (secondary N) is 1. The van der Waals surface area contributed by atoms with E-state index in [1.54, 1.807) is 37.6 Å². The van der Waals surface area contributed by atoms with Gasteiger partial charge in [0.2, 0.25) is 0 Å². The predicted octanol–water partition coefficient (Wildman–Crippen LogP) is 1.31. The van der Waals surface area contributed by atoms with E-state index in [-0.39, 0.29) is 17.1 Å². The van der Waals surface area contributed by atoms with Crippen LogP contribution in [0.15, 0.2) is 47.8 Å². The Kier molecular flexibility index (Phi) is 3.88. The van der Waals surface area contributed by atoms with Crippen LogP contribution >= 0.6 is 0 Å². The smallest absolute Gasteiger partial charge is 0.343 e. The van der Waals surface area contributed by atoms with Gasteiger partial charge < -0.3 is 4.74 Å². The predicted molar refractivity (Wildman–Crippen MR) is 105 cm³/mol. The van der Waals surface area contributed by atoms with Crippen LogP contribution in [-0.2, 0) is 4.74 Å². The molecule has 5 heterocycles. The van der Waals surface area contributed by atoms with Crippen LogP contribution in [0.25, 0.3) is 33.9 Å². The largest absolute Gasteiger partial charge is 0.465 e. The van der Waals surface area contributed by atoms with Crippen molar-refractivity contribution < 1.29 is 9.53 Å². The van der Waals surface area contributed by atoms with Gasteiger partial charge in [0.15, 0.2) is 11.5 Å². The molecular weight excluding hydrogens is 388 g/mol. The number of carbonyl (C=O) groups is 1. The Labute approximate surface area is 168 Å². The van der Waals surface area contributed by atoms with Gasteiger partial charge in [-0.05, 0) is 25.1 Å². The molecule has 0 aromatic carbocycles. The zero-order chi connectivity index (χ0) is 20.8. The molecule has 0 aliphatic heterocycles. The van der Waals surface area contributed by atoms with E-state index in [9.17, 15) is 9.59 Å². The molecule has 0 aliphatic rings. The summed E-state index contributed by atoms with van der Waals surface area (Å²) >= 11 is 0. The average Bonchev–Trinajstić information content (AvgIpc) is 3.38. The van der Waals surface area contributed by atoms with Crippen molar-refractivity contribution in [3.63, 3.8) is 0 Å². The van der Waals surface area contributed by atoms with Gasteiger partial charge in [-0.1, -0.05) is 0 Å². The number of hydrogen-bond acceptors (Lipinski definition) is 8. The summed E-state index contributed by atoms with van der Waals surface area (Å²) < 4.78 is 7.58. The maximum Gasteiger partial charge on any atom is 0.343 e. The van der Waals surface area contributed by atoms with E-state index in [0.717, 1.165) is 5.56 Å². The highest BCUT2D eigenvalue weighted by atomic mass is 16.5. The molecular formula is C19H14N8O3. The summed E-state index contributed by atoms with van der Waals surface area (Å²) in [7, 11) is 1.29. The lowest BCUT2D eigenvalue weighted by Crippen LogP contribution is -2.20. The summed E-state index contributed by atoms with van der Waals surface area (Å²) in [5, 5.41) is 11.6. The molecule has 0 fully saturated rings. The molecule has 5 rings (SSSR count). The first-order valence-corrected chi connectivity index (χ1v) is 8.89. The van der Waals surface area contributed by atoms with Gasteiger partial charge in [-0.3, -0.25) is 14.9 Å². The van der Waals surface area contributed by atoms with Gasteiger partial charge >= 0.3 is 5.97 Å². The number of pyridine rings is 2. The van der Waals surface area contributed by atoms with Gasteiger partial charge in [-0.2, -0.15) is 10.1 Å². The molecule has 0 amide bonds. The number of hydrogen-bond donors (Lipinski definition) is 1. The van der Waals surface area contributed by atoms with Gasteiger partial charge in [-0.25, -0.2) is 18.9 Å². The lowest BCUT2D eigenvalue weighted by Gasteiger charge is -2.04. The summed E-state index contributed by atoms with van der Waals surface area (Å²) in [5.41, 5.74) is 1.92. The third-order valence-electron chi connectivity index (χ3n) is 4.70. The molecule has 5 aromatic heterocycles. The zero-order valence-corrected chi connectivity index (χ0v) is 15.9. The van der Waals surface area contributed by atoms with Crippen LogP contribution in [0, 0.1) is 6.92 Å². The average molecular weight is 402 g/mol. The Morgan fingerprint density at radius 2 is 2.10 bits per heavy atom. The Balaban J connectivity index is 1.67. The highest BCUT2D eigenvalue weighted by Crippen LogP contribution is 2.19. The number of fused-ring (bicyclic) bond motifs is 3. The number of ether oxygens (including phenoxy) is 1. The van der Waals surface area contributed by atoms with Crippen molar-refractivity contribution in [3.05, 3.63) is 64.6 Å². The fourth-order valence-electron chi connectivity index (χ4n) is 3.27. The van der Waals surface area contributed by atoms with Crippen LogP contribution in [0.1, 0.15) is 16.1 Å². The van der Waals surface area contributed by atoms with Gasteiger partial charge in [0.05, 0.1) is 23.7 Å². The lowest BCUT2D eigenvalue weighted by molar-refractivity contribution is 0.0602. The second-order valence-corrected chi connectivity index (χ2v) is 6.46. The molecule has 30 heavy (non-hydrogen) atoms. The summed E-state index contributed by atoms with van der Waals surface area (Å²) in [6, 6.07) is 5.31. The first-order chi connectivity index (χ1) is 14.6. The van der Waals surface area contributed by atoms with Gasteiger partial charge in [0.1, 0.15) is 5.56 Å². The third-order valence-corrected chi connectivity index (χ3v) is 4.70. The van der Waals surface area contributed by atoms with Crippen molar-refractivity contribution in [2.75, 3.05) is 7.11 Å². The number of carbonyl (C=O) groups excluding carboxylic acids is 1. The van der Waals surface area contributed by atoms with Crippen molar-refractivity contribution in [1.29, 1.82) is 0 Å². The van der Waals surface area contributed by atoms with Gasteiger partial charge in [0.25, 0.3) is 11.5 Å². The zero-order valence-electron chi connectivity index (χ0n) is 15.9. The highest BCUT2D eigenvalue weighted by molar-refractivity contribution is 5.98. The SMILES string of the molecule is COC(=O)c1c(C)nn2c1ncc1c(=O)n(-c3n[nH]c(-c4cccnc4)n3)ccc12. The van der Waals surface area contributed by atoms with Crippen molar-refractivity contribution in [3.8, 4) is 17.3 Å². The standard InChI is InChI=1S/C19H14N8O3/c1-10-14(18(29)30-2)16-21-9-12-13(27(16)25-10)5-7-26(17(12)28)19-22-15(23-24-19)11-4-3-6-20-8-11/h3-9H,1-2H3,(H,22,23,24). The summed E-state index contributed by atoms with van der Waals surface area (Å²) in [4.78, 5) is 37.9. The lowest BCUT2D eigenvalue weighted by atomic mass is 10.2. The first kappa shape index (κ1) is 17.7. The van der Waals surface area contributed by atoms with Gasteiger partial charge in [-0.15, -0.1) is 5.10 Å². The van der Waals surface area contributed by atoms with Crippen LogP contribution in [0.3, 0.4) is 0 Å². The van der Waals surface area contributed by atoms with E-state index in [4.69, 9.17) is 4.74 Å². The summed E-state index contributed by atoms with van der Waals surface area (Å²) in [6.07, 6.45) is 6.26. The molecule has 5 aromatic rings. The molecule has 0 radical (unpaired) electrons. The minimum atomic E-state index is -0.536. The number of rotatable bonds is 3. The van der Waals surface area contributed by atoms with Crippen LogP contribution in [-0.4, -0.2) is 52.4 Å². The number of H-pyrrole nitrogens is 1. The molecule has 148 valence electrons. The normalized spacial score (nSPS) is 11.3. The number of methoxy groups -OCH3 is 1. The van der Waals surface area contributed by atoms with E-state index >= 15 is 0 Å². The minimum Gasteiger partial charge on any atom is -0.465 e. The van der Waals surface area contributed by atoms with Crippen molar-refractivity contribution in [1.82, 2.24) is 39.3 Å². The quantitative estimate of drug-likeness (QED) is 0.447. The monoisotopic (exact) mass is 402 g/mol. The Bertz CT molecular complexity index is 1480. The summed E-state index contributed by atoms with van der Waals surface area (Å²) in [5.74, 6) is 0.142. The second kappa shape index (κ2) is 6.58. The fraction of sp³-hybridized carbons (Fsp3) is 0.105. The van der Waals surface area contributed by atoms with Crippen LogP contribution < -0.4 is 5.56 Å². The van der Waals surface area contributed by atoms with Crippen molar-refractivity contribution in [2.24, 2.45) is 0 Å². The fourth-order valence-corrected chi connectivity index (χ4v) is 3.27. The van der Waals surface area contributed by atoms with E-state index in [1.807, 2.05) is 6.07 Å². The molecule has 0 saturated heterocycles. The molecule has 0 atom stereocenters. The third kappa shape index (κ3) is 2.56. The first-order valence-electron chi connectivity index (χ1n) is 8.89. The summed E-state index contributed by atoms with van der Waals surface area (Å²) in [6.45, 7) is 1.68. The Hall–Kier alpha value is -4.41. The molecule has 1 N–H and O–H groups in total. The minimum absolute atomic E-state index is 0.188. The number of aromatic nitrogens is 8. The molecule has 11 heteroatoms.